The van der Waals surface area contributed by atoms with Crippen LogP contribution in [0.15, 0.2) is 42.5 Å². The van der Waals surface area contributed by atoms with Crippen LogP contribution < -0.4 is 15.6 Å². The molecular weight excluding hydrogens is 333 g/mol. The van der Waals surface area contributed by atoms with E-state index in [-0.39, 0.29) is 5.56 Å². The molecule has 0 aliphatic rings. The number of rotatable bonds is 4. The molecule has 0 heterocycles. The van der Waals surface area contributed by atoms with Crippen LogP contribution in [0.2, 0.25) is 5.02 Å². The first-order valence-corrected chi connectivity index (χ1v) is 6.76. The highest BCUT2D eigenvalue weighted by Gasteiger charge is 2.29. The minimum absolute atomic E-state index is 0.194. The van der Waals surface area contributed by atoms with Crippen LogP contribution in [-0.2, 0) is 6.18 Å². The molecule has 2 aromatic rings. The van der Waals surface area contributed by atoms with Crippen LogP contribution in [-0.4, -0.2) is 13.0 Å². The van der Waals surface area contributed by atoms with Gasteiger partial charge in [-0.15, -0.1) is 0 Å². The van der Waals surface area contributed by atoms with Gasteiger partial charge in [-0.2, -0.15) is 13.2 Å². The summed E-state index contributed by atoms with van der Waals surface area (Å²) < 4.78 is 42.4. The number of amides is 1. The van der Waals surface area contributed by atoms with Gasteiger partial charge < -0.3 is 4.74 Å². The van der Waals surface area contributed by atoms with Crippen molar-refractivity contribution in [3.05, 3.63) is 58.6 Å². The van der Waals surface area contributed by atoms with E-state index in [1.165, 1.54) is 31.4 Å². The standard InChI is InChI=1S/C15H12ClF3N2O2/c1-23-13-7-4-10(16)8-12(13)14(22)21-20-11-5-2-9(3-6-11)15(17,18)19/h2-8,20H,1H3,(H,21,22). The molecule has 8 heteroatoms. The molecule has 1 amide bonds. The minimum Gasteiger partial charge on any atom is -0.496 e. The average molecular weight is 345 g/mol. The zero-order valence-electron chi connectivity index (χ0n) is 11.9. The van der Waals surface area contributed by atoms with Crippen LogP contribution in [0.4, 0.5) is 18.9 Å². The highest BCUT2D eigenvalue weighted by Crippen LogP contribution is 2.29. The molecule has 0 unspecified atom stereocenters. The van der Waals surface area contributed by atoms with Crippen molar-refractivity contribution in [1.29, 1.82) is 0 Å². The number of hydrogen-bond acceptors (Lipinski definition) is 3. The Balaban J connectivity index is 2.06. The third-order valence-corrected chi connectivity index (χ3v) is 3.17. The highest BCUT2D eigenvalue weighted by atomic mass is 35.5. The van der Waals surface area contributed by atoms with Gasteiger partial charge in [0.25, 0.3) is 5.91 Å². The van der Waals surface area contributed by atoms with Gasteiger partial charge >= 0.3 is 6.18 Å². The van der Waals surface area contributed by atoms with Crippen molar-refractivity contribution >= 4 is 23.2 Å². The molecule has 0 bridgehead atoms. The highest BCUT2D eigenvalue weighted by molar-refractivity contribution is 6.31. The average Bonchev–Trinajstić information content (AvgIpc) is 2.52. The van der Waals surface area contributed by atoms with E-state index in [2.05, 4.69) is 10.9 Å². The molecule has 2 N–H and O–H groups in total. The lowest BCUT2D eigenvalue weighted by molar-refractivity contribution is -0.137. The predicted molar refractivity (Wildman–Crippen MR) is 80.5 cm³/mol. The summed E-state index contributed by atoms with van der Waals surface area (Å²) in [6, 6.07) is 8.76. The summed E-state index contributed by atoms with van der Waals surface area (Å²) in [7, 11) is 1.41. The van der Waals surface area contributed by atoms with Crippen LogP contribution in [0.1, 0.15) is 15.9 Å². The number of hydrazine groups is 1. The number of methoxy groups -OCH3 is 1. The summed E-state index contributed by atoms with van der Waals surface area (Å²) in [6.45, 7) is 0. The molecule has 2 rings (SSSR count). The lowest BCUT2D eigenvalue weighted by atomic mass is 10.2. The van der Waals surface area contributed by atoms with E-state index in [4.69, 9.17) is 16.3 Å². The van der Waals surface area contributed by atoms with E-state index >= 15 is 0 Å². The summed E-state index contributed by atoms with van der Waals surface area (Å²) in [4.78, 5) is 12.1. The summed E-state index contributed by atoms with van der Waals surface area (Å²) in [6.07, 6.45) is -4.41. The van der Waals surface area contributed by atoms with Crippen molar-refractivity contribution in [2.45, 2.75) is 6.18 Å². The SMILES string of the molecule is COc1ccc(Cl)cc1C(=O)NNc1ccc(C(F)(F)F)cc1. The number of halogens is 4. The molecule has 23 heavy (non-hydrogen) atoms. The normalized spacial score (nSPS) is 11.0. The molecule has 0 aromatic heterocycles. The number of ether oxygens (including phenoxy) is 1. The molecule has 0 radical (unpaired) electrons. The summed E-state index contributed by atoms with van der Waals surface area (Å²) in [5.74, 6) is -0.217. The van der Waals surface area contributed by atoms with Crippen molar-refractivity contribution in [2.75, 3.05) is 12.5 Å². The van der Waals surface area contributed by atoms with E-state index in [0.717, 1.165) is 12.1 Å². The van der Waals surface area contributed by atoms with Gasteiger partial charge in [-0.05, 0) is 42.5 Å². The van der Waals surface area contributed by atoms with Gasteiger partial charge in [0.15, 0.2) is 0 Å². The molecule has 0 saturated heterocycles. The van der Waals surface area contributed by atoms with Crippen LogP contribution in [0, 0.1) is 0 Å². The Hall–Kier alpha value is -2.41. The van der Waals surface area contributed by atoms with E-state index in [0.29, 0.717) is 16.5 Å². The summed E-state index contributed by atoms with van der Waals surface area (Å²) in [5.41, 5.74) is 4.61. The molecule has 0 spiro atoms. The Morgan fingerprint density at radius 2 is 1.78 bits per heavy atom. The van der Waals surface area contributed by atoms with E-state index in [1.807, 2.05) is 0 Å². The molecule has 0 saturated carbocycles. The monoisotopic (exact) mass is 344 g/mol. The van der Waals surface area contributed by atoms with E-state index < -0.39 is 17.6 Å². The van der Waals surface area contributed by atoms with E-state index in [1.54, 1.807) is 6.07 Å². The third kappa shape index (κ3) is 4.29. The molecule has 0 aliphatic heterocycles. The molecule has 0 aliphatic carbocycles. The molecule has 122 valence electrons. The minimum atomic E-state index is -4.41. The maximum absolute atomic E-state index is 12.5. The Morgan fingerprint density at radius 3 is 2.35 bits per heavy atom. The van der Waals surface area contributed by atoms with Crippen LogP contribution in [0.25, 0.3) is 0 Å². The van der Waals surface area contributed by atoms with Crippen molar-refractivity contribution < 1.29 is 22.7 Å². The van der Waals surface area contributed by atoms with Crippen LogP contribution in [0.3, 0.4) is 0 Å². The predicted octanol–water partition coefficient (Wildman–Crippen LogP) is 4.12. The second kappa shape index (κ2) is 6.78. The molecule has 4 nitrogen and oxygen atoms in total. The van der Waals surface area contributed by atoms with Gasteiger partial charge in [0.1, 0.15) is 5.75 Å². The smallest absolute Gasteiger partial charge is 0.416 e. The fourth-order valence-corrected chi connectivity index (χ4v) is 1.97. The molecule has 0 atom stereocenters. The largest absolute Gasteiger partial charge is 0.496 e. The van der Waals surface area contributed by atoms with Gasteiger partial charge in [-0.3, -0.25) is 15.6 Å². The Bertz CT molecular complexity index is 703. The fraction of sp³-hybridized carbons (Fsp3) is 0.133. The summed E-state index contributed by atoms with van der Waals surface area (Å²) in [5, 5.41) is 0.352. The van der Waals surface area contributed by atoms with Crippen molar-refractivity contribution in [2.24, 2.45) is 0 Å². The van der Waals surface area contributed by atoms with Gasteiger partial charge in [0, 0.05) is 5.02 Å². The number of anilines is 1. The second-order valence-corrected chi connectivity index (χ2v) is 4.94. The van der Waals surface area contributed by atoms with Gasteiger partial charge in [-0.25, -0.2) is 0 Å². The number of hydrogen-bond donors (Lipinski definition) is 2. The second-order valence-electron chi connectivity index (χ2n) is 4.50. The van der Waals surface area contributed by atoms with Gasteiger partial charge in [0.05, 0.1) is 23.9 Å². The maximum atomic E-state index is 12.5. The zero-order chi connectivity index (χ0) is 17.0. The Labute approximate surface area is 135 Å². The molecule has 2 aromatic carbocycles. The fourth-order valence-electron chi connectivity index (χ4n) is 1.80. The maximum Gasteiger partial charge on any atom is 0.416 e. The quantitative estimate of drug-likeness (QED) is 0.820. The first-order valence-electron chi connectivity index (χ1n) is 6.38. The summed E-state index contributed by atoms with van der Waals surface area (Å²) >= 11 is 5.83. The van der Waals surface area contributed by atoms with Crippen molar-refractivity contribution in [3.8, 4) is 5.75 Å². The van der Waals surface area contributed by atoms with Gasteiger partial charge in [0.2, 0.25) is 0 Å². The van der Waals surface area contributed by atoms with Crippen molar-refractivity contribution in [1.82, 2.24) is 5.43 Å². The first-order chi connectivity index (χ1) is 10.8. The first kappa shape index (κ1) is 17.0. The number of carbonyl (C=O) groups excluding carboxylic acids is 1. The van der Waals surface area contributed by atoms with Crippen LogP contribution in [0.5, 0.6) is 5.75 Å². The Kier molecular flexibility index (Phi) is 5.00. The molecular formula is C15H12ClF3N2O2. The lowest BCUT2D eigenvalue weighted by Crippen LogP contribution is -2.29. The number of alkyl halides is 3. The Morgan fingerprint density at radius 1 is 1.13 bits per heavy atom. The van der Waals surface area contributed by atoms with Gasteiger partial charge in [-0.1, -0.05) is 11.6 Å². The number of nitrogens with one attached hydrogen (secondary N) is 2. The molecule has 0 fully saturated rings. The number of benzene rings is 2. The topological polar surface area (TPSA) is 50.4 Å². The third-order valence-electron chi connectivity index (χ3n) is 2.94. The van der Waals surface area contributed by atoms with Crippen LogP contribution >= 0.6 is 11.6 Å². The lowest BCUT2D eigenvalue weighted by Gasteiger charge is -2.12. The zero-order valence-corrected chi connectivity index (χ0v) is 12.6. The number of carbonyl (C=O) groups is 1. The van der Waals surface area contributed by atoms with E-state index in [9.17, 15) is 18.0 Å². The van der Waals surface area contributed by atoms with Crippen molar-refractivity contribution in [3.63, 3.8) is 0 Å².